The highest BCUT2D eigenvalue weighted by Crippen LogP contribution is 2.72. The summed E-state index contributed by atoms with van der Waals surface area (Å²) >= 11 is 0. The number of carbonyl (C=O) groups excluding carboxylic acids is 1. The number of fused-ring (bicyclic) bond motifs is 1. The number of rotatable bonds is 8. The van der Waals surface area contributed by atoms with Crippen LogP contribution in [0.3, 0.4) is 0 Å². The minimum atomic E-state index is -0.536. The molecule has 5 rings (SSSR count). The van der Waals surface area contributed by atoms with Crippen LogP contribution in [0.5, 0.6) is 11.5 Å². The summed E-state index contributed by atoms with van der Waals surface area (Å²) in [5, 5.41) is 10.6. The molecule has 0 aromatic heterocycles. The normalized spacial score (nSPS) is 24.2. The molecule has 0 bridgehead atoms. The number of phenols is 1. The molecular weight excluding hydrogens is 484 g/mol. The van der Waals surface area contributed by atoms with Crippen LogP contribution in [0.2, 0.25) is 0 Å². The highest BCUT2D eigenvalue weighted by molar-refractivity contribution is 5.98. The summed E-state index contributed by atoms with van der Waals surface area (Å²) in [5.74, 6) is 1.56. The summed E-state index contributed by atoms with van der Waals surface area (Å²) in [6.45, 7) is 4.10. The SMILES string of the molecule is COC1=C(CC=C(C)C)C(=O)CC2(C=Cc3ccccc3)C1C(c1ccccc1)C2c1cc(O)cc(OC)c1. The maximum Gasteiger partial charge on any atom is 0.163 e. The minimum absolute atomic E-state index is 0.0403. The molecule has 0 aliphatic heterocycles. The second-order valence-electron chi connectivity index (χ2n) is 10.8. The van der Waals surface area contributed by atoms with Crippen LogP contribution < -0.4 is 4.74 Å². The predicted octanol–water partition coefficient (Wildman–Crippen LogP) is 7.83. The van der Waals surface area contributed by atoms with Crippen LogP contribution in [0.25, 0.3) is 6.08 Å². The lowest BCUT2D eigenvalue weighted by molar-refractivity contribution is -0.125. The van der Waals surface area contributed by atoms with Crippen molar-refractivity contribution in [3.63, 3.8) is 0 Å². The first-order valence-corrected chi connectivity index (χ1v) is 13.5. The van der Waals surface area contributed by atoms with Crippen LogP contribution >= 0.6 is 0 Å². The van der Waals surface area contributed by atoms with E-state index in [0.717, 1.165) is 22.5 Å². The summed E-state index contributed by atoms with van der Waals surface area (Å²) in [4.78, 5) is 13.9. The van der Waals surface area contributed by atoms with Gasteiger partial charge in [0, 0.05) is 41.2 Å². The number of hydrogen-bond acceptors (Lipinski definition) is 4. The summed E-state index contributed by atoms with van der Waals surface area (Å²) < 4.78 is 11.7. The van der Waals surface area contributed by atoms with Crippen molar-refractivity contribution in [1.82, 2.24) is 0 Å². The van der Waals surface area contributed by atoms with Crippen LogP contribution in [-0.4, -0.2) is 25.1 Å². The molecule has 2 aliphatic carbocycles. The van der Waals surface area contributed by atoms with Crippen molar-refractivity contribution in [1.29, 1.82) is 0 Å². The van der Waals surface area contributed by atoms with Crippen LogP contribution in [-0.2, 0) is 9.53 Å². The maximum atomic E-state index is 13.9. The van der Waals surface area contributed by atoms with E-state index in [4.69, 9.17) is 9.47 Å². The highest BCUT2D eigenvalue weighted by atomic mass is 16.5. The summed E-state index contributed by atoms with van der Waals surface area (Å²) in [7, 11) is 3.29. The number of benzene rings is 3. The fraction of sp³-hybridized carbons (Fsp3) is 0.286. The molecule has 4 nitrogen and oxygen atoms in total. The van der Waals surface area contributed by atoms with Crippen molar-refractivity contribution < 1.29 is 19.4 Å². The number of aromatic hydroxyl groups is 1. The summed E-state index contributed by atoms with van der Waals surface area (Å²) in [5.41, 5.74) is 4.61. The van der Waals surface area contributed by atoms with E-state index < -0.39 is 5.41 Å². The van der Waals surface area contributed by atoms with Gasteiger partial charge < -0.3 is 14.6 Å². The number of methoxy groups -OCH3 is 2. The molecule has 1 saturated carbocycles. The van der Waals surface area contributed by atoms with Gasteiger partial charge in [-0.2, -0.15) is 0 Å². The van der Waals surface area contributed by atoms with E-state index in [-0.39, 0.29) is 29.3 Å². The molecule has 3 aromatic rings. The van der Waals surface area contributed by atoms with Crippen LogP contribution in [0, 0.1) is 11.3 Å². The molecule has 4 heteroatoms. The van der Waals surface area contributed by atoms with Crippen molar-refractivity contribution in [2.75, 3.05) is 14.2 Å². The van der Waals surface area contributed by atoms with Gasteiger partial charge in [-0.25, -0.2) is 0 Å². The van der Waals surface area contributed by atoms with E-state index >= 15 is 0 Å². The number of ether oxygens (including phenoxy) is 2. The lowest BCUT2D eigenvalue weighted by Gasteiger charge is -2.63. The average molecular weight is 521 g/mol. The topological polar surface area (TPSA) is 55.8 Å². The predicted molar refractivity (Wildman–Crippen MR) is 156 cm³/mol. The zero-order valence-corrected chi connectivity index (χ0v) is 23.1. The molecule has 0 amide bonds. The zero-order valence-electron chi connectivity index (χ0n) is 23.1. The number of carbonyl (C=O) groups is 1. The Morgan fingerprint density at radius 2 is 1.62 bits per heavy atom. The molecule has 4 unspecified atom stereocenters. The van der Waals surface area contributed by atoms with E-state index in [1.807, 2.05) is 36.4 Å². The Kier molecular flexibility index (Phi) is 7.47. The molecule has 200 valence electrons. The standard InChI is InChI=1S/C35H36O4/c1-23(2)15-16-29-30(37)22-35(18-17-24-11-7-5-8-12-24)32(26-19-27(36)21-28(20-26)38-3)31(33(35)34(29)39-4)25-13-9-6-10-14-25/h5-15,17-21,31-33,36H,16,22H2,1-4H3. The van der Waals surface area contributed by atoms with E-state index in [9.17, 15) is 9.90 Å². The van der Waals surface area contributed by atoms with Crippen LogP contribution in [0.1, 0.15) is 55.2 Å². The summed E-state index contributed by atoms with van der Waals surface area (Å²) in [6, 6.07) is 26.1. The molecule has 4 atom stereocenters. The Bertz CT molecular complexity index is 1430. The summed E-state index contributed by atoms with van der Waals surface area (Å²) in [6.07, 6.45) is 7.38. The third kappa shape index (κ3) is 4.92. The van der Waals surface area contributed by atoms with Gasteiger partial charge in [0.25, 0.3) is 0 Å². The minimum Gasteiger partial charge on any atom is -0.508 e. The number of allylic oxidation sites excluding steroid dienone is 5. The van der Waals surface area contributed by atoms with Crippen molar-refractivity contribution in [2.45, 2.75) is 38.5 Å². The largest absolute Gasteiger partial charge is 0.508 e. The molecule has 1 N–H and O–H groups in total. The third-order valence-corrected chi connectivity index (χ3v) is 8.27. The van der Waals surface area contributed by atoms with Crippen molar-refractivity contribution in [3.05, 3.63) is 125 Å². The van der Waals surface area contributed by atoms with Gasteiger partial charge >= 0.3 is 0 Å². The molecule has 0 radical (unpaired) electrons. The smallest absolute Gasteiger partial charge is 0.163 e. The lowest BCUT2D eigenvalue weighted by atomic mass is 9.40. The number of ketones is 1. The Hall–Kier alpha value is -4.05. The number of phenolic OH excluding ortho intramolecular Hbond substituents is 1. The van der Waals surface area contributed by atoms with Gasteiger partial charge in [-0.05, 0) is 49.1 Å². The second-order valence-corrected chi connectivity index (χ2v) is 10.8. The first kappa shape index (κ1) is 26.6. The van der Waals surface area contributed by atoms with Crippen molar-refractivity contribution in [2.24, 2.45) is 11.3 Å². The van der Waals surface area contributed by atoms with E-state index in [2.05, 4.69) is 68.5 Å². The van der Waals surface area contributed by atoms with Gasteiger partial charge in [0.2, 0.25) is 0 Å². The molecule has 0 spiro atoms. The Morgan fingerprint density at radius 3 is 2.26 bits per heavy atom. The average Bonchev–Trinajstić information content (AvgIpc) is 2.93. The number of hydrogen-bond donors (Lipinski definition) is 1. The molecule has 1 fully saturated rings. The van der Waals surface area contributed by atoms with Gasteiger partial charge in [0.05, 0.1) is 14.2 Å². The first-order chi connectivity index (χ1) is 18.9. The molecule has 39 heavy (non-hydrogen) atoms. The fourth-order valence-electron chi connectivity index (χ4n) is 6.61. The van der Waals surface area contributed by atoms with Crippen LogP contribution in [0.15, 0.2) is 108 Å². The van der Waals surface area contributed by atoms with Gasteiger partial charge in [-0.1, -0.05) is 84.5 Å². The van der Waals surface area contributed by atoms with Gasteiger partial charge in [0.1, 0.15) is 17.3 Å². The molecule has 0 heterocycles. The Morgan fingerprint density at radius 1 is 0.923 bits per heavy atom. The monoisotopic (exact) mass is 520 g/mol. The second kappa shape index (κ2) is 11.0. The Labute approximate surface area is 231 Å². The lowest BCUT2D eigenvalue weighted by Crippen LogP contribution is -2.57. The highest BCUT2D eigenvalue weighted by Gasteiger charge is 2.66. The maximum absolute atomic E-state index is 13.9. The molecule has 3 aromatic carbocycles. The molecule has 2 aliphatic rings. The van der Waals surface area contributed by atoms with Crippen molar-refractivity contribution >= 4 is 11.9 Å². The fourth-order valence-corrected chi connectivity index (χ4v) is 6.61. The van der Waals surface area contributed by atoms with Gasteiger partial charge in [0.15, 0.2) is 5.78 Å². The number of Topliss-reactive ketones (excluding diaryl/α,β-unsaturated/α-hetero) is 1. The van der Waals surface area contributed by atoms with Gasteiger partial charge in [-0.15, -0.1) is 0 Å². The van der Waals surface area contributed by atoms with E-state index in [1.54, 1.807) is 20.3 Å². The van der Waals surface area contributed by atoms with Crippen LogP contribution in [0.4, 0.5) is 0 Å². The van der Waals surface area contributed by atoms with E-state index in [0.29, 0.717) is 18.6 Å². The quantitative estimate of drug-likeness (QED) is 0.308. The first-order valence-electron chi connectivity index (χ1n) is 13.5. The zero-order chi connectivity index (χ0) is 27.6. The van der Waals surface area contributed by atoms with Crippen molar-refractivity contribution in [3.8, 4) is 11.5 Å². The van der Waals surface area contributed by atoms with E-state index in [1.165, 1.54) is 11.1 Å². The molecular formula is C35H36O4. The Balaban J connectivity index is 1.75. The molecule has 0 saturated heterocycles. The third-order valence-electron chi connectivity index (χ3n) is 8.27. The van der Waals surface area contributed by atoms with Gasteiger partial charge in [-0.3, -0.25) is 4.79 Å².